The van der Waals surface area contributed by atoms with Crippen molar-refractivity contribution in [2.45, 2.75) is 17.7 Å². The summed E-state index contributed by atoms with van der Waals surface area (Å²) in [5, 5.41) is 18.5. The number of phenols is 1. The molecule has 0 spiro atoms. The zero-order chi connectivity index (χ0) is 11.6. The van der Waals surface area contributed by atoms with Crippen LogP contribution in [0.15, 0.2) is 23.1 Å². The summed E-state index contributed by atoms with van der Waals surface area (Å²) in [6.45, 7) is 1.54. The Hall–Kier alpha value is -1.07. The van der Waals surface area contributed by atoms with E-state index in [2.05, 4.69) is 0 Å². The molecule has 1 aromatic carbocycles. The molecule has 0 saturated carbocycles. The predicted octanol–water partition coefficient (Wildman–Crippen LogP) is 0.891. The van der Waals surface area contributed by atoms with Crippen LogP contribution in [0.1, 0.15) is 18.4 Å². The van der Waals surface area contributed by atoms with E-state index in [-0.39, 0.29) is 23.2 Å². The third-order valence-electron chi connectivity index (χ3n) is 2.20. The number of aromatic hydroxyl groups is 1. The molecule has 1 rings (SSSR count). The highest BCUT2D eigenvalue weighted by atomic mass is 32.2. The van der Waals surface area contributed by atoms with Crippen molar-refractivity contribution in [2.24, 2.45) is 0 Å². The molecular formula is C10H14O4S. The average molecular weight is 230 g/mol. The van der Waals surface area contributed by atoms with Gasteiger partial charge in [0.2, 0.25) is 0 Å². The molecule has 1 unspecified atom stereocenters. The van der Waals surface area contributed by atoms with Crippen LogP contribution in [-0.2, 0) is 9.84 Å². The van der Waals surface area contributed by atoms with Crippen LogP contribution in [0, 0.1) is 0 Å². The molecule has 0 radical (unpaired) electrons. The van der Waals surface area contributed by atoms with Crippen molar-refractivity contribution in [1.29, 1.82) is 0 Å². The molecule has 5 heteroatoms. The Kier molecular flexibility index (Phi) is 3.36. The molecule has 1 aromatic rings. The molecule has 2 N–H and O–H groups in total. The minimum Gasteiger partial charge on any atom is -0.507 e. The summed E-state index contributed by atoms with van der Waals surface area (Å²) in [6.07, 6.45) is 1.04. The van der Waals surface area contributed by atoms with Crippen molar-refractivity contribution in [3.8, 4) is 5.75 Å². The molecule has 0 bridgehead atoms. The summed E-state index contributed by atoms with van der Waals surface area (Å²) in [4.78, 5) is -0.0912. The van der Waals surface area contributed by atoms with Crippen LogP contribution in [-0.4, -0.2) is 31.5 Å². The highest BCUT2D eigenvalue weighted by molar-refractivity contribution is 7.90. The first-order valence-electron chi connectivity index (χ1n) is 4.50. The van der Waals surface area contributed by atoms with Gasteiger partial charge < -0.3 is 10.2 Å². The number of rotatable bonds is 3. The summed E-state index contributed by atoms with van der Waals surface area (Å²) >= 11 is 0. The predicted molar refractivity (Wildman–Crippen MR) is 56.7 cm³/mol. The summed E-state index contributed by atoms with van der Waals surface area (Å²) < 4.78 is 22.9. The maximum Gasteiger partial charge on any atom is 0.179 e. The summed E-state index contributed by atoms with van der Waals surface area (Å²) in [6, 6.07) is 4.48. The lowest BCUT2D eigenvalue weighted by Gasteiger charge is -2.14. The van der Waals surface area contributed by atoms with Crippen LogP contribution < -0.4 is 0 Å². The molecule has 1 atom stereocenters. The monoisotopic (exact) mass is 230 g/mol. The Morgan fingerprint density at radius 3 is 2.47 bits per heavy atom. The number of phenolic OH excluding ortho intramolecular Hbond substituents is 1. The zero-order valence-corrected chi connectivity index (χ0v) is 9.45. The molecule has 0 amide bonds. The fourth-order valence-corrected chi connectivity index (χ4v) is 2.58. The molecular weight excluding hydrogens is 216 g/mol. The van der Waals surface area contributed by atoms with Crippen molar-refractivity contribution in [2.75, 3.05) is 12.9 Å². The first-order chi connectivity index (χ1) is 6.88. The molecule has 4 nitrogen and oxygen atoms in total. The van der Waals surface area contributed by atoms with Crippen molar-refractivity contribution >= 4 is 9.84 Å². The van der Waals surface area contributed by atoms with Gasteiger partial charge in [0.05, 0.1) is 0 Å². The fraction of sp³-hybridized carbons (Fsp3) is 0.400. The number of benzene rings is 1. The van der Waals surface area contributed by atoms with Crippen LogP contribution in [0.2, 0.25) is 0 Å². The Bertz CT molecular complexity index is 450. The number of sulfone groups is 1. The minimum absolute atomic E-state index is 0.0912. The van der Waals surface area contributed by atoms with E-state index in [1.54, 1.807) is 19.1 Å². The van der Waals surface area contributed by atoms with Gasteiger partial charge in [0.1, 0.15) is 10.6 Å². The minimum atomic E-state index is -3.48. The molecule has 84 valence electrons. The molecule has 0 aromatic heterocycles. The molecule has 15 heavy (non-hydrogen) atoms. The van der Waals surface area contributed by atoms with E-state index < -0.39 is 9.84 Å². The molecule has 0 aliphatic carbocycles. The zero-order valence-electron chi connectivity index (χ0n) is 8.64. The second-order valence-electron chi connectivity index (χ2n) is 3.55. The lowest BCUT2D eigenvalue weighted by atomic mass is 10.0. The average Bonchev–Trinajstić information content (AvgIpc) is 2.14. The van der Waals surface area contributed by atoms with Gasteiger partial charge in [0, 0.05) is 18.8 Å². The normalized spacial score (nSPS) is 13.8. The van der Waals surface area contributed by atoms with Crippen molar-refractivity contribution in [3.05, 3.63) is 23.8 Å². The first-order valence-corrected chi connectivity index (χ1v) is 6.40. The molecule has 0 aliphatic heterocycles. The SMILES string of the molecule is CC(CO)c1cccc(O)c1S(C)(=O)=O. The molecule has 0 fully saturated rings. The highest BCUT2D eigenvalue weighted by Crippen LogP contribution is 2.30. The first kappa shape index (κ1) is 12.0. The number of hydrogen-bond acceptors (Lipinski definition) is 4. The number of hydrogen-bond donors (Lipinski definition) is 2. The largest absolute Gasteiger partial charge is 0.507 e. The van der Waals surface area contributed by atoms with E-state index >= 15 is 0 Å². The Balaban J connectivity index is 3.47. The fourth-order valence-electron chi connectivity index (χ4n) is 1.43. The van der Waals surface area contributed by atoms with Gasteiger partial charge in [-0.05, 0) is 11.6 Å². The standard InChI is InChI=1S/C10H14O4S/c1-7(6-11)8-4-3-5-9(12)10(8)15(2,13)14/h3-5,7,11-12H,6H2,1-2H3. The van der Waals surface area contributed by atoms with Gasteiger partial charge in [-0.3, -0.25) is 0 Å². The highest BCUT2D eigenvalue weighted by Gasteiger charge is 2.20. The van der Waals surface area contributed by atoms with Crippen LogP contribution in [0.4, 0.5) is 0 Å². The van der Waals surface area contributed by atoms with E-state index in [0.29, 0.717) is 5.56 Å². The second kappa shape index (κ2) is 4.20. The molecule has 0 aliphatic rings. The van der Waals surface area contributed by atoms with Gasteiger partial charge in [-0.2, -0.15) is 0 Å². The van der Waals surface area contributed by atoms with Gasteiger partial charge in [-0.1, -0.05) is 19.1 Å². The third kappa shape index (κ3) is 2.49. The van der Waals surface area contributed by atoms with Gasteiger partial charge in [-0.15, -0.1) is 0 Å². The van der Waals surface area contributed by atoms with Crippen molar-refractivity contribution < 1.29 is 18.6 Å². The van der Waals surface area contributed by atoms with Gasteiger partial charge in [-0.25, -0.2) is 8.42 Å². The smallest absolute Gasteiger partial charge is 0.179 e. The number of aliphatic hydroxyl groups is 1. The summed E-state index contributed by atoms with van der Waals surface area (Å²) in [5.41, 5.74) is 0.444. The maximum absolute atomic E-state index is 11.5. The Morgan fingerprint density at radius 1 is 1.40 bits per heavy atom. The van der Waals surface area contributed by atoms with E-state index in [4.69, 9.17) is 5.11 Å². The van der Waals surface area contributed by atoms with Crippen LogP contribution in [0.5, 0.6) is 5.75 Å². The number of aliphatic hydroxyl groups excluding tert-OH is 1. The third-order valence-corrected chi connectivity index (χ3v) is 3.39. The van der Waals surface area contributed by atoms with Gasteiger partial charge in [0.15, 0.2) is 9.84 Å². The van der Waals surface area contributed by atoms with Gasteiger partial charge in [0.25, 0.3) is 0 Å². The van der Waals surface area contributed by atoms with Crippen LogP contribution in [0.3, 0.4) is 0 Å². The maximum atomic E-state index is 11.5. The van der Waals surface area contributed by atoms with E-state index in [9.17, 15) is 13.5 Å². The van der Waals surface area contributed by atoms with Crippen LogP contribution >= 0.6 is 0 Å². The topological polar surface area (TPSA) is 74.6 Å². The Labute approximate surface area is 89.1 Å². The quantitative estimate of drug-likeness (QED) is 0.808. The van der Waals surface area contributed by atoms with Gasteiger partial charge >= 0.3 is 0 Å². The van der Waals surface area contributed by atoms with Crippen LogP contribution in [0.25, 0.3) is 0 Å². The van der Waals surface area contributed by atoms with Crippen molar-refractivity contribution in [3.63, 3.8) is 0 Å². The van der Waals surface area contributed by atoms with E-state index in [1.807, 2.05) is 0 Å². The molecule has 0 saturated heterocycles. The van der Waals surface area contributed by atoms with E-state index in [0.717, 1.165) is 6.26 Å². The molecule has 0 heterocycles. The van der Waals surface area contributed by atoms with Crippen molar-refractivity contribution in [1.82, 2.24) is 0 Å². The lowest BCUT2D eigenvalue weighted by Crippen LogP contribution is -2.08. The summed E-state index contributed by atoms with van der Waals surface area (Å²) in [5.74, 6) is -0.586. The Morgan fingerprint density at radius 2 is 2.00 bits per heavy atom. The second-order valence-corrected chi connectivity index (χ2v) is 5.50. The summed E-state index contributed by atoms with van der Waals surface area (Å²) in [7, 11) is -3.48. The van der Waals surface area contributed by atoms with E-state index in [1.165, 1.54) is 6.07 Å². The lowest BCUT2D eigenvalue weighted by molar-refractivity contribution is 0.271.